The van der Waals surface area contributed by atoms with E-state index in [0.717, 1.165) is 0 Å². The number of likely N-dealkylation sites (N-methyl/N-ethyl adjacent to an activating group) is 1. The van der Waals surface area contributed by atoms with Gasteiger partial charge in [-0.05, 0) is 13.8 Å². The van der Waals surface area contributed by atoms with Gasteiger partial charge in [-0.2, -0.15) is 0 Å². The van der Waals surface area contributed by atoms with E-state index < -0.39 is 30.2 Å². The Bertz CT molecular complexity index is 396. The van der Waals surface area contributed by atoms with Gasteiger partial charge in [-0.15, -0.1) is 0 Å². The van der Waals surface area contributed by atoms with E-state index >= 15 is 0 Å². The molecular formula is C11H19N3O5. The van der Waals surface area contributed by atoms with Crippen molar-refractivity contribution in [3.63, 3.8) is 0 Å². The third kappa shape index (κ3) is 2.95. The van der Waals surface area contributed by atoms with E-state index in [1.54, 1.807) is 20.9 Å². The number of aliphatic hydroxyl groups is 1. The predicted molar refractivity (Wildman–Crippen MR) is 65.5 cm³/mol. The molecule has 0 aromatic rings. The molecule has 0 spiro atoms. The molecule has 108 valence electrons. The highest BCUT2D eigenvalue weighted by Crippen LogP contribution is 2.21. The highest BCUT2D eigenvalue weighted by Gasteiger charge is 2.43. The van der Waals surface area contributed by atoms with Crippen molar-refractivity contribution in [3.05, 3.63) is 0 Å². The van der Waals surface area contributed by atoms with Gasteiger partial charge in [0.1, 0.15) is 5.54 Å². The van der Waals surface area contributed by atoms with Gasteiger partial charge < -0.3 is 25.3 Å². The van der Waals surface area contributed by atoms with Crippen molar-refractivity contribution in [2.75, 3.05) is 26.7 Å². The first-order valence-electron chi connectivity index (χ1n) is 5.89. The summed E-state index contributed by atoms with van der Waals surface area (Å²) in [5.74, 6) is -1.54. The van der Waals surface area contributed by atoms with Gasteiger partial charge in [0.05, 0.1) is 6.61 Å². The Labute approximate surface area is 111 Å². The minimum atomic E-state index is -1.38. The van der Waals surface area contributed by atoms with Gasteiger partial charge in [0, 0.05) is 20.1 Å². The summed E-state index contributed by atoms with van der Waals surface area (Å²) in [4.78, 5) is 37.6. The summed E-state index contributed by atoms with van der Waals surface area (Å²) in [5.41, 5.74) is -1.05. The lowest BCUT2D eigenvalue weighted by molar-refractivity contribution is -0.144. The number of hydrogen-bond donors (Lipinski definition) is 3. The van der Waals surface area contributed by atoms with Crippen LogP contribution < -0.4 is 5.32 Å². The second kappa shape index (κ2) is 5.43. The van der Waals surface area contributed by atoms with Crippen molar-refractivity contribution >= 4 is 17.9 Å². The summed E-state index contributed by atoms with van der Waals surface area (Å²) < 4.78 is 0. The molecule has 1 fully saturated rings. The molecule has 0 bridgehead atoms. The normalized spacial score (nSPS) is 20.1. The fraction of sp³-hybridized carbons (Fsp3) is 0.727. The van der Waals surface area contributed by atoms with Crippen molar-refractivity contribution in [1.29, 1.82) is 0 Å². The molecule has 0 unspecified atom stereocenters. The van der Waals surface area contributed by atoms with E-state index in [1.165, 1.54) is 9.80 Å². The first kappa shape index (κ1) is 15.2. The highest BCUT2D eigenvalue weighted by molar-refractivity contribution is 5.92. The molecule has 0 aliphatic carbocycles. The van der Waals surface area contributed by atoms with Gasteiger partial charge in [0.2, 0.25) is 5.91 Å². The highest BCUT2D eigenvalue weighted by atomic mass is 16.4. The number of carboxylic acid groups (broad SMARTS) is 1. The maximum absolute atomic E-state index is 12.0. The zero-order chi connectivity index (χ0) is 14.8. The van der Waals surface area contributed by atoms with Crippen LogP contribution in [0.5, 0.6) is 0 Å². The van der Waals surface area contributed by atoms with Crippen LogP contribution in [-0.4, -0.2) is 76.2 Å². The number of carbonyl (C=O) groups is 3. The van der Waals surface area contributed by atoms with E-state index in [9.17, 15) is 14.4 Å². The van der Waals surface area contributed by atoms with Gasteiger partial charge in [0.15, 0.2) is 6.04 Å². The summed E-state index contributed by atoms with van der Waals surface area (Å²) in [6.07, 6.45) is 0. The van der Waals surface area contributed by atoms with E-state index in [1.807, 2.05) is 0 Å². The molecule has 8 nitrogen and oxygen atoms in total. The number of piperazine rings is 1. The van der Waals surface area contributed by atoms with Gasteiger partial charge in [-0.25, -0.2) is 9.59 Å². The van der Waals surface area contributed by atoms with Gasteiger partial charge in [-0.3, -0.25) is 4.79 Å². The second-order valence-corrected chi connectivity index (χ2v) is 4.96. The molecule has 0 saturated carbocycles. The van der Waals surface area contributed by atoms with E-state index in [4.69, 9.17) is 10.2 Å². The molecule has 0 aromatic heterocycles. The maximum Gasteiger partial charge on any atom is 0.328 e. The van der Waals surface area contributed by atoms with Gasteiger partial charge in [-0.1, -0.05) is 0 Å². The number of hydrogen-bond acceptors (Lipinski definition) is 4. The largest absolute Gasteiger partial charge is 0.480 e. The molecule has 1 atom stereocenters. The summed E-state index contributed by atoms with van der Waals surface area (Å²) in [6, 6.07) is -2.05. The molecule has 1 rings (SSSR count). The third-order valence-electron chi connectivity index (χ3n) is 3.23. The van der Waals surface area contributed by atoms with Crippen LogP contribution in [-0.2, 0) is 9.59 Å². The van der Waals surface area contributed by atoms with Crippen LogP contribution in [0.3, 0.4) is 0 Å². The van der Waals surface area contributed by atoms with Crippen LogP contribution in [0.1, 0.15) is 13.8 Å². The molecule has 1 aliphatic heterocycles. The summed E-state index contributed by atoms with van der Waals surface area (Å²) >= 11 is 0. The fourth-order valence-electron chi connectivity index (χ4n) is 1.98. The Hall–Kier alpha value is -1.83. The number of aliphatic hydroxyl groups excluding tert-OH is 1. The molecule has 1 saturated heterocycles. The Morgan fingerprint density at radius 2 is 2.00 bits per heavy atom. The zero-order valence-electron chi connectivity index (χ0n) is 11.2. The molecule has 0 radical (unpaired) electrons. The van der Waals surface area contributed by atoms with Crippen LogP contribution in [0, 0.1) is 0 Å². The van der Waals surface area contributed by atoms with E-state index in [2.05, 4.69) is 5.32 Å². The summed E-state index contributed by atoms with van der Waals surface area (Å²) in [6.45, 7) is 3.17. The van der Waals surface area contributed by atoms with Crippen LogP contribution in [0.15, 0.2) is 0 Å². The Kier molecular flexibility index (Phi) is 4.35. The number of urea groups is 1. The molecule has 8 heteroatoms. The molecular weight excluding hydrogens is 254 g/mol. The SMILES string of the molecule is CN1CCN(C(=O)N[C@@H](CO)C(=O)O)C(C)(C)C1=O. The quantitative estimate of drug-likeness (QED) is 0.591. The smallest absolute Gasteiger partial charge is 0.328 e. The molecule has 1 aliphatic rings. The summed E-state index contributed by atoms with van der Waals surface area (Å²) in [5, 5.41) is 19.8. The topological polar surface area (TPSA) is 110 Å². The van der Waals surface area contributed by atoms with Crippen molar-refractivity contribution in [1.82, 2.24) is 15.1 Å². The van der Waals surface area contributed by atoms with Crippen molar-refractivity contribution in [2.24, 2.45) is 0 Å². The predicted octanol–water partition coefficient (Wildman–Crippen LogP) is -1.31. The Balaban J connectivity index is 2.82. The first-order valence-corrected chi connectivity index (χ1v) is 5.89. The zero-order valence-corrected chi connectivity index (χ0v) is 11.2. The number of carboxylic acids is 1. The van der Waals surface area contributed by atoms with Crippen LogP contribution in [0.25, 0.3) is 0 Å². The van der Waals surface area contributed by atoms with E-state index in [-0.39, 0.29) is 5.91 Å². The Morgan fingerprint density at radius 3 is 2.47 bits per heavy atom. The van der Waals surface area contributed by atoms with E-state index in [0.29, 0.717) is 13.1 Å². The molecule has 3 amide bonds. The first-order chi connectivity index (χ1) is 8.71. The Morgan fingerprint density at radius 1 is 1.42 bits per heavy atom. The monoisotopic (exact) mass is 273 g/mol. The minimum absolute atomic E-state index is 0.218. The number of nitrogens with one attached hydrogen (secondary N) is 1. The van der Waals surface area contributed by atoms with Crippen molar-refractivity contribution < 1.29 is 24.6 Å². The minimum Gasteiger partial charge on any atom is -0.480 e. The average Bonchev–Trinajstić information content (AvgIpc) is 2.32. The van der Waals surface area contributed by atoms with Gasteiger partial charge >= 0.3 is 12.0 Å². The number of amides is 3. The van der Waals surface area contributed by atoms with Crippen molar-refractivity contribution in [2.45, 2.75) is 25.4 Å². The number of aliphatic carboxylic acids is 1. The lowest BCUT2D eigenvalue weighted by Crippen LogP contribution is -2.66. The molecule has 1 heterocycles. The molecule has 19 heavy (non-hydrogen) atoms. The third-order valence-corrected chi connectivity index (χ3v) is 3.23. The molecule has 3 N–H and O–H groups in total. The van der Waals surface area contributed by atoms with Gasteiger partial charge in [0.25, 0.3) is 0 Å². The molecule has 0 aromatic carbocycles. The van der Waals surface area contributed by atoms with Crippen LogP contribution in [0.4, 0.5) is 4.79 Å². The van der Waals surface area contributed by atoms with Crippen LogP contribution in [0.2, 0.25) is 0 Å². The standard InChI is InChI=1S/C11H19N3O5/c1-11(2)9(18)13(3)4-5-14(11)10(19)12-7(6-15)8(16)17/h7,15H,4-6H2,1-3H3,(H,12,19)(H,16,17)/t7-/m0/s1. The average molecular weight is 273 g/mol. The number of nitrogens with zero attached hydrogens (tertiary/aromatic N) is 2. The summed E-state index contributed by atoms with van der Waals surface area (Å²) in [7, 11) is 1.65. The lowest BCUT2D eigenvalue weighted by Gasteiger charge is -2.44. The number of carbonyl (C=O) groups excluding carboxylic acids is 2. The lowest BCUT2D eigenvalue weighted by atomic mass is 9.98. The second-order valence-electron chi connectivity index (χ2n) is 4.96. The van der Waals surface area contributed by atoms with Crippen molar-refractivity contribution in [3.8, 4) is 0 Å². The fourth-order valence-corrected chi connectivity index (χ4v) is 1.98. The maximum atomic E-state index is 12.0. The number of rotatable bonds is 3. The van der Waals surface area contributed by atoms with Crippen LogP contribution >= 0.6 is 0 Å².